The van der Waals surface area contributed by atoms with E-state index < -0.39 is 0 Å². The molecule has 0 atom stereocenters. The summed E-state index contributed by atoms with van der Waals surface area (Å²) in [5, 5.41) is 2.65. The SMILES string of the molecule is COc1cnc(Cl)c2cccc(Cl)c12. The minimum Gasteiger partial charge on any atom is -0.494 e. The van der Waals surface area contributed by atoms with Gasteiger partial charge in [-0.1, -0.05) is 35.3 Å². The number of hydrogen-bond donors (Lipinski definition) is 0. The van der Waals surface area contributed by atoms with Crippen LogP contribution in [0, 0.1) is 0 Å². The molecule has 0 spiro atoms. The Hall–Kier alpha value is -0.990. The van der Waals surface area contributed by atoms with Gasteiger partial charge in [0, 0.05) is 10.8 Å². The zero-order chi connectivity index (χ0) is 10.1. The van der Waals surface area contributed by atoms with E-state index in [0.29, 0.717) is 15.9 Å². The highest BCUT2D eigenvalue weighted by Crippen LogP contribution is 2.34. The molecule has 0 amide bonds. The minimum atomic E-state index is 0.434. The van der Waals surface area contributed by atoms with Crippen LogP contribution in [-0.4, -0.2) is 12.1 Å². The average Bonchev–Trinajstić information content (AvgIpc) is 2.20. The number of halogens is 2. The number of fused-ring (bicyclic) bond motifs is 1. The number of ether oxygens (including phenoxy) is 1. The second kappa shape index (κ2) is 3.64. The molecule has 72 valence electrons. The summed E-state index contributed by atoms with van der Waals surface area (Å²) in [6.07, 6.45) is 1.57. The van der Waals surface area contributed by atoms with Gasteiger partial charge in [-0.25, -0.2) is 4.98 Å². The summed E-state index contributed by atoms with van der Waals surface area (Å²) in [6, 6.07) is 5.49. The van der Waals surface area contributed by atoms with E-state index in [9.17, 15) is 0 Å². The van der Waals surface area contributed by atoms with Crippen molar-refractivity contribution < 1.29 is 4.74 Å². The molecule has 0 unspecified atom stereocenters. The summed E-state index contributed by atoms with van der Waals surface area (Å²) in [7, 11) is 1.58. The number of pyridine rings is 1. The van der Waals surface area contributed by atoms with E-state index in [1.807, 2.05) is 12.1 Å². The molecule has 0 radical (unpaired) electrons. The third-order valence-electron chi connectivity index (χ3n) is 2.00. The van der Waals surface area contributed by atoms with E-state index in [1.54, 1.807) is 19.4 Å². The van der Waals surface area contributed by atoms with Crippen LogP contribution in [0.5, 0.6) is 5.75 Å². The molecule has 1 heterocycles. The van der Waals surface area contributed by atoms with Crippen LogP contribution in [0.25, 0.3) is 10.8 Å². The number of benzene rings is 1. The lowest BCUT2D eigenvalue weighted by atomic mass is 10.1. The largest absolute Gasteiger partial charge is 0.494 e. The molecule has 2 aromatic rings. The highest BCUT2D eigenvalue weighted by atomic mass is 35.5. The normalized spacial score (nSPS) is 10.5. The fourth-order valence-corrected chi connectivity index (χ4v) is 1.82. The summed E-state index contributed by atoms with van der Waals surface area (Å²) in [6.45, 7) is 0. The lowest BCUT2D eigenvalue weighted by molar-refractivity contribution is 0.418. The van der Waals surface area contributed by atoms with Crippen LogP contribution in [0.15, 0.2) is 24.4 Å². The Labute approximate surface area is 91.4 Å². The third kappa shape index (κ3) is 1.41. The Balaban J connectivity index is 2.92. The van der Waals surface area contributed by atoms with Gasteiger partial charge in [-0.3, -0.25) is 0 Å². The molecule has 0 aliphatic rings. The van der Waals surface area contributed by atoms with Gasteiger partial charge >= 0.3 is 0 Å². The summed E-state index contributed by atoms with van der Waals surface area (Å²) in [5.41, 5.74) is 0. The third-order valence-corrected chi connectivity index (χ3v) is 2.61. The summed E-state index contributed by atoms with van der Waals surface area (Å²) >= 11 is 12.0. The molecule has 0 saturated heterocycles. The molecule has 4 heteroatoms. The van der Waals surface area contributed by atoms with E-state index in [0.717, 1.165) is 10.8 Å². The van der Waals surface area contributed by atoms with Gasteiger partial charge in [-0.2, -0.15) is 0 Å². The molecule has 1 aromatic carbocycles. The van der Waals surface area contributed by atoms with Gasteiger partial charge in [0.2, 0.25) is 0 Å². The van der Waals surface area contributed by atoms with Crippen LogP contribution < -0.4 is 4.74 Å². The number of nitrogens with zero attached hydrogens (tertiary/aromatic N) is 1. The van der Waals surface area contributed by atoms with Crippen molar-refractivity contribution in [3.8, 4) is 5.75 Å². The lowest BCUT2D eigenvalue weighted by Crippen LogP contribution is -1.88. The van der Waals surface area contributed by atoms with E-state index in [1.165, 1.54) is 0 Å². The second-order valence-corrected chi connectivity index (χ2v) is 3.54. The van der Waals surface area contributed by atoms with Crippen molar-refractivity contribution in [3.63, 3.8) is 0 Å². The topological polar surface area (TPSA) is 22.1 Å². The fraction of sp³-hybridized carbons (Fsp3) is 0.100. The molecule has 14 heavy (non-hydrogen) atoms. The van der Waals surface area contributed by atoms with Crippen molar-refractivity contribution in [1.82, 2.24) is 4.98 Å². The first-order valence-corrected chi connectivity index (χ1v) is 4.76. The molecule has 0 fully saturated rings. The van der Waals surface area contributed by atoms with E-state index >= 15 is 0 Å². The standard InChI is InChI=1S/C10H7Cl2NO/c1-14-8-5-13-10(12)6-3-2-4-7(11)9(6)8/h2-5H,1H3. The van der Waals surface area contributed by atoms with Gasteiger partial charge in [-0.05, 0) is 6.07 Å². The van der Waals surface area contributed by atoms with E-state index in [-0.39, 0.29) is 0 Å². The van der Waals surface area contributed by atoms with Crippen LogP contribution in [0.2, 0.25) is 10.2 Å². The Kier molecular flexibility index (Phi) is 2.48. The molecule has 1 aromatic heterocycles. The predicted molar refractivity (Wildman–Crippen MR) is 58.3 cm³/mol. The van der Waals surface area contributed by atoms with Crippen molar-refractivity contribution in [2.75, 3.05) is 7.11 Å². The monoisotopic (exact) mass is 227 g/mol. The number of aromatic nitrogens is 1. The Bertz CT molecular complexity index is 485. The van der Waals surface area contributed by atoms with Crippen molar-refractivity contribution in [1.29, 1.82) is 0 Å². The maximum absolute atomic E-state index is 6.05. The summed E-state index contributed by atoms with van der Waals surface area (Å²) < 4.78 is 5.16. The molecular formula is C10H7Cl2NO. The van der Waals surface area contributed by atoms with Crippen LogP contribution in [0.4, 0.5) is 0 Å². The Morgan fingerprint density at radius 3 is 2.79 bits per heavy atom. The maximum atomic E-state index is 6.05. The van der Waals surface area contributed by atoms with Crippen molar-refractivity contribution in [3.05, 3.63) is 34.6 Å². The van der Waals surface area contributed by atoms with Gasteiger partial charge in [0.1, 0.15) is 10.9 Å². The average molecular weight is 228 g/mol. The first kappa shape index (κ1) is 9.56. The molecule has 0 aliphatic heterocycles. The smallest absolute Gasteiger partial charge is 0.146 e. The molecule has 0 N–H and O–H groups in total. The highest BCUT2D eigenvalue weighted by Gasteiger charge is 2.08. The molecule has 0 saturated carbocycles. The van der Waals surface area contributed by atoms with Gasteiger partial charge in [0.15, 0.2) is 0 Å². The highest BCUT2D eigenvalue weighted by molar-refractivity contribution is 6.39. The van der Waals surface area contributed by atoms with E-state index in [2.05, 4.69) is 4.98 Å². The first-order chi connectivity index (χ1) is 6.74. The Morgan fingerprint density at radius 2 is 2.07 bits per heavy atom. The molecule has 2 nitrogen and oxygen atoms in total. The molecular weight excluding hydrogens is 221 g/mol. The van der Waals surface area contributed by atoms with Gasteiger partial charge in [0.25, 0.3) is 0 Å². The molecule has 2 rings (SSSR count). The number of hydrogen-bond acceptors (Lipinski definition) is 2. The number of methoxy groups -OCH3 is 1. The van der Waals surface area contributed by atoms with Crippen LogP contribution in [0.3, 0.4) is 0 Å². The summed E-state index contributed by atoms with van der Waals surface area (Å²) in [5.74, 6) is 0.634. The predicted octanol–water partition coefficient (Wildman–Crippen LogP) is 3.55. The van der Waals surface area contributed by atoms with Crippen molar-refractivity contribution >= 4 is 34.0 Å². The zero-order valence-corrected chi connectivity index (χ0v) is 8.93. The van der Waals surface area contributed by atoms with Gasteiger partial charge in [0.05, 0.1) is 18.3 Å². The molecule has 0 bridgehead atoms. The van der Waals surface area contributed by atoms with Crippen LogP contribution in [0.1, 0.15) is 0 Å². The van der Waals surface area contributed by atoms with E-state index in [4.69, 9.17) is 27.9 Å². The fourth-order valence-electron chi connectivity index (χ4n) is 1.35. The van der Waals surface area contributed by atoms with Crippen LogP contribution >= 0.6 is 23.2 Å². The second-order valence-electron chi connectivity index (χ2n) is 2.78. The van der Waals surface area contributed by atoms with Gasteiger partial charge < -0.3 is 4.74 Å². The van der Waals surface area contributed by atoms with Crippen LogP contribution in [-0.2, 0) is 0 Å². The number of rotatable bonds is 1. The van der Waals surface area contributed by atoms with Gasteiger partial charge in [-0.15, -0.1) is 0 Å². The zero-order valence-electron chi connectivity index (χ0n) is 7.42. The lowest BCUT2D eigenvalue weighted by Gasteiger charge is -2.07. The maximum Gasteiger partial charge on any atom is 0.146 e. The first-order valence-electron chi connectivity index (χ1n) is 4.00. The molecule has 0 aliphatic carbocycles. The minimum absolute atomic E-state index is 0.434. The van der Waals surface area contributed by atoms with Crippen molar-refractivity contribution in [2.24, 2.45) is 0 Å². The quantitative estimate of drug-likeness (QED) is 0.696. The van der Waals surface area contributed by atoms with Crippen molar-refractivity contribution in [2.45, 2.75) is 0 Å². The Morgan fingerprint density at radius 1 is 1.29 bits per heavy atom. The summed E-state index contributed by atoms with van der Waals surface area (Å²) in [4.78, 5) is 4.00.